The molecular formula is C15H32N2O4S. The fourth-order valence-corrected chi connectivity index (χ4v) is 3.58. The number of rotatable bonds is 4. The van der Waals surface area contributed by atoms with Gasteiger partial charge >= 0.3 is 0 Å². The Morgan fingerprint density at radius 2 is 1.50 bits per heavy atom. The molecule has 0 aromatic rings. The zero-order chi connectivity index (χ0) is 16.6. The zero-order valence-electron chi connectivity index (χ0n) is 14.1. The van der Waals surface area contributed by atoms with E-state index >= 15 is 0 Å². The number of nitrogens with one attached hydrogen (secondary N) is 1. The van der Waals surface area contributed by atoms with Crippen LogP contribution in [0.5, 0.6) is 0 Å². The minimum Gasteiger partial charge on any atom is -0.377 e. The fraction of sp³-hybridized carbons (Fsp3) is 1.00. The van der Waals surface area contributed by atoms with Crippen molar-refractivity contribution in [3.63, 3.8) is 0 Å². The van der Waals surface area contributed by atoms with E-state index in [9.17, 15) is 8.42 Å². The Morgan fingerprint density at radius 3 is 1.82 bits per heavy atom. The maximum atomic E-state index is 10.9. The van der Waals surface area contributed by atoms with Crippen LogP contribution in [0, 0.1) is 0 Å². The summed E-state index contributed by atoms with van der Waals surface area (Å²) in [6.45, 7) is 5.51. The van der Waals surface area contributed by atoms with Crippen LogP contribution >= 0.6 is 0 Å². The molecule has 0 aliphatic carbocycles. The summed E-state index contributed by atoms with van der Waals surface area (Å²) in [5, 5.41) is 0. The van der Waals surface area contributed by atoms with Gasteiger partial charge in [-0.15, -0.1) is 0 Å². The van der Waals surface area contributed by atoms with Crippen LogP contribution in [0.15, 0.2) is 0 Å². The molecule has 22 heavy (non-hydrogen) atoms. The van der Waals surface area contributed by atoms with E-state index in [0.717, 1.165) is 38.9 Å². The molecule has 3 N–H and O–H groups in total. The van der Waals surface area contributed by atoms with Gasteiger partial charge in [0.25, 0.3) is 0 Å². The Morgan fingerprint density at radius 1 is 1.00 bits per heavy atom. The van der Waals surface area contributed by atoms with E-state index in [0.29, 0.717) is 6.10 Å². The summed E-state index contributed by atoms with van der Waals surface area (Å²) >= 11 is 0. The van der Waals surface area contributed by atoms with Crippen molar-refractivity contribution >= 4 is 10.0 Å². The van der Waals surface area contributed by atoms with E-state index in [4.69, 9.17) is 15.2 Å². The molecule has 2 fully saturated rings. The summed E-state index contributed by atoms with van der Waals surface area (Å²) in [6.07, 6.45) is 8.35. The lowest BCUT2D eigenvalue weighted by molar-refractivity contribution is 0.000851. The first kappa shape index (κ1) is 19.8. The molecule has 2 rings (SSSR count). The highest BCUT2D eigenvalue weighted by atomic mass is 32.2. The van der Waals surface area contributed by atoms with Gasteiger partial charge in [-0.25, -0.2) is 13.1 Å². The van der Waals surface area contributed by atoms with Crippen LogP contribution in [0.25, 0.3) is 0 Å². The van der Waals surface area contributed by atoms with Crippen LogP contribution in [0.2, 0.25) is 0 Å². The smallest absolute Gasteiger partial charge is 0.209 e. The molecule has 0 bridgehead atoms. The van der Waals surface area contributed by atoms with Gasteiger partial charge in [-0.05, 0) is 52.4 Å². The highest BCUT2D eigenvalue weighted by Crippen LogP contribution is 2.16. The lowest BCUT2D eigenvalue weighted by atomic mass is 10.0. The first-order valence-electron chi connectivity index (χ1n) is 8.25. The predicted octanol–water partition coefficient (Wildman–Crippen LogP) is 1.40. The van der Waals surface area contributed by atoms with Crippen molar-refractivity contribution in [2.75, 3.05) is 19.5 Å². The SMILES string of the molecule is CC(N)C1CCCCO1.CC(NS(C)(=O)=O)C1CCCCO1. The summed E-state index contributed by atoms with van der Waals surface area (Å²) in [5.41, 5.74) is 5.64. The number of sulfonamides is 1. The Labute approximate surface area is 135 Å². The molecule has 4 unspecified atom stereocenters. The number of hydrogen-bond acceptors (Lipinski definition) is 5. The fourth-order valence-electron chi connectivity index (χ4n) is 2.75. The van der Waals surface area contributed by atoms with Gasteiger partial charge in [0.2, 0.25) is 10.0 Å². The van der Waals surface area contributed by atoms with E-state index in [1.165, 1.54) is 19.1 Å². The van der Waals surface area contributed by atoms with Gasteiger partial charge in [0, 0.05) is 25.3 Å². The molecule has 2 aliphatic rings. The number of nitrogens with two attached hydrogens (primary N) is 1. The number of hydrogen-bond donors (Lipinski definition) is 2. The van der Waals surface area contributed by atoms with Crippen LogP contribution < -0.4 is 10.5 Å². The van der Waals surface area contributed by atoms with E-state index in [1.54, 1.807) is 0 Å². The molecule has 0 spiro atoms. The molecule has 6 nitrogen and oxygen atoms in total. The van der Waals surface area contributed by atoms with Gasteiger partial charge in [0.15, 0.2) is 0 Å². The van der Waals surface area contributed by atoms with Crippen molar-refractivity contribution in [2.45, 2.75) is 76.7 Å². The van der Waals surface area contributed by atoms with E-state index < -0.39 is 10.0 Å². The average Bonchev–Trinajstić information content (AvgIpc) is 2.48. The molecule has 0 amide bonds. The molecule has 0 aromatic carbocycles. The van der Waals surface area contributed by atoms with Crippen LogP contribution in [0.1, 0.15) is 52.4 Å². The average molecular weight is 336 g/mol. The van der Waals surface area contributed by atoms with Gasteiger partial charge in [-0.3, -0.25) is 0 Å². The van der Waals surface area contributed by atoms with Gasteiger partial charge in [-0.2, -0.15) is 0 Å². The van der Waals surface area contributed by atoms with Crippen molar-refractivity contribution in [2.24, 2.45) is 5.73 Å². The van der Waals surface area contributed by atoms with Crippen LogP contribution in [0.4, 0.5) is 0 Å². The maximum Gasteiger partial charge on any atom is 0.209 e. The lowest BCUT2D eigenvalue weighted by Crippen LogP contribution is -2.43. The van der Waals surface area contributed by atoms with E-state index in [1.807, 2.05) is 13.8 Å². The topological polar surface area (TPSA) is 90.6 Å². The van der Waals surface area contributed by atoms with Crippen LogP contribution in [-0.2, 0) is 19.5 Å². The van der Waals surface area contributed by atoms with Crippen molar-refractivity contribution in [1.29, 1.82) is 0 Å². The number of ether oxygens (including phenoxy) is 2. The minimum absolute atomic E-state index is 0.0449. The Bertz CT molecular complexity index is 388. The second-order valence-corrected chi connectivity index (χ2v) is 8.13. The summed E-state index contributed by atoms with van der Waals surface area (Å²) in [4.78, 5) is 0. The quantitative estimate of drug-likeness (QED) is 0.810. The van der Waals surface area contributed by atoms with E-state index in [2.05, 4.69) is 4.72 Å². The largest absolute Gasteiger partial charge is 0.377 e. The molecule has 0 aromatic heterocycles. The van der Waals surface area contributed by atoms with Crippen LogP contribution in [-0.4, -0.2) is 52.2 Å². The lowest BCUT2D eigenvalue weighted by Gasteiger charge is -2.27. The summed E-state index contributed by atoms with van der Waals surface area (Å²) in [7, 11) is -3.10. The van der Waals surface area contributed by atoms with Gasteiger partial charge in [-0.1, -0.05) is 0 Å². The zero-order valence-corrected chi connectivity index (χ0v) is 14.9. The summed E-state index contributed by atoms with van der Waals surface area (Å²) in [6, 6.07) is 0.0978. The molecule has 132 valence electrons. The normalized spacial score (nSPS) is 29.1. The Balaban J connectivity index is 0.000000235. The third-order valence-corrected chi connectivity index (χ3v) is 4.77. The molecule has 0 saturated carbocycles. The molecule has 2 aliphatic heterocycles. The first-order valence-corrected chi connectivity index (χ1v) is 10.1. The molecule has 2 saturated heterocycles. The molecule has 7 heteroatoms. The summed E-state index contributed by atoms with van der Waals surface area (Å²) in [5.74, 6) is 0. The third-order valence-electron chi connectivity index (χ3n) is 3.97. The van der Waals surface area contributed by atoms with Crippen molar-refractivity contribution in [3.8, 4) is 0 Å². The first-order chi connectivity index (χ1) is 10.3. The van der Waals surface area contributed by atoms with Gasteiger partial charge < -0.3 is 15.2 Å². The molecule has 4 atom stereocenters. The monoisotopic (exact) mass is 336 g/mol. The second kappa shape index (κ2) is 9.82. The third kappa shape index (κ3) is 8.43. The Kier molecular flexibility index (Phi) is 8.86. The van der Waals surface area contributed by atoms with E-state index in [-0.39, 0.29) is 18.2 Å². The molecule has 2 heterocycles. The molecule has 0 radical (unpaired) electrons. The maximum absolute atomic E-state index is 10.9. The highest BCUT2D eigenvalue weighted by molar-refractivity contribution is 7.88. The standard InChI is InChI=1S/C8H17NO3S.C7H15NO/c1-7(9-13(2,10)11)8-5-3-4-6-12-8;1-6(8)7-4-2-3-5-9-7/h7-9H,3-6H2,1-2H3;6-7H,2-5,8H2,1H3. The predicted molar refractivity (Wildman–Crippen MR) is 88.3 cm³/mol. The van der Waals surface area contributed by atoms with Crippen molar-refractivity contribution in [1.82, 2.24) is 4.72 Å². The minimum atomic E-state index is -3.10. The van der Waals surface area contributed by atoms with Gasteiger partial charge in [0.1, 0.15) is 0 Å². The van der Waals surface area contributed by atoms with Crippen molar-refractivity contribution < 1.29 is 17.9 Å². The highest BCUT2D eigenvalue weighted by Gasteiger charge is 2.22. The summed E-state index contributed by atoms with van der Waals surface area (Å²) < 4.78 is 35.2. The van der Waals surface area contributed by atoms with Gasteiger partial charge in [0.05, 0.1) is 18.5 Å². The van der Waals surface area contributed by atoms with Crippen molar-refractivity contribution in [3.05, 3.63) is 0 Å². The Hall–Kier alpha value is -0.210. The molecular weight excluding hydrogens is 304 g/mol. The van der Waals surface area contributed by atoms with Crippen LogP contribution in [0.3, 0.4) is 0 Å². The second-order valence-electron chi connectivity index (χ2n) is 6.35.